The van der Waals surface area contributed by atoms with Crippen LogP contribution in [0.5, 0.6) is 0 Å². The Balaban J connectivity index is 2.80. The van der Waals surface area contributed by atoms with Crippen LogP contribution in [-0.2, 0) is 23.9 Å². The number of carbonyl (C=O) groups excluding carboxylic acids is 3. The number of methoxy groups -OCH3 is 1. The third-order valence-electron chi connectivity index (χ3n) is 6.34. The van der Waals surface area contributed by atoms with Gasteiger partial charge in [0.2, 0.25) is 0 Å². The number of carbonyl (C=O) groups is 3. The van der Waals surface area contributed by atoms with E-state index in [4.69, 9.17) is 4.74 Å². The molecule has 0 radical (unpaired) electrons. The first-order valence-electron chi connectivity index (χ1n) is 11.7. The molecule has 0 heterocycles. The van der Waals surface area contributed by atoms with E-state index in [-0.39, 0.29) is 41.2 Å². The molecule has 176 valence electrons. The number of esters is 2. The minimum atomic E-state index is -0.297. The number of hydrogen-bond donors (Lipinski definition) is 0. The van der Waals surface area contributed by atoms with Crippen LogP contribution >= 0.6 is 0 Å². The van der Waals surface area contributed by atoms with Crippen molar-refractivity contribution >= 4 is 17.7 Å². The van der Waals surface area contributed by atoms with Gasteiger partial charge in [-0.05, 0) is 43.6 Å². The minimum Gasteiger partial charge on any atom is -0.469 e. The number of rotatable bonds is 13. The Bertz CT molecular complexity index is 646. The van der Waals surface area contributed by atoms with Crippen molar-refractivity contribution in [3.8, 4) is 0 Å². The van der Waals surface area contributed by atoms with Crippen LogP contribution < -0.4 is 0 Å². The van der Waals surface area contributed by atoms with Crippen LogP contribution in [0.15, 0.2) is 24.3 Å². The third kappa shape index (κ3) is 9.40. The van der Waals surface area contributed by atoms with Gasteiger partial charge in [0.15, 0.2) is 0 Å². The Morgan fingerprint density at radius 3 is 2.55 bits per heavy atom. The van der Waals surface area contributed by atoms with E-state index in [1.807, 2.05) is 6.08 Å². The van der Waals surface area contributed by atoms with Crippen molar-refractivity contribution in [3.63, 3.8) is 0 Å². The summed E-state index contributed by atoms with van der Waals surface area (Å²) >= 11 is 0. The molecule has 0 bridgehead atoms. The molecule has 5 nitrogen and oxygen atoms in total. The van der Waals surface area contributed by atoms with Crippen LogP contribution in [0.25, 0.3) is 0 Å². The Morgan fingerprint density at radius 2 is 1.94 bits per heavy atom. The monoisotopic (exact) mass is 434 g/mol. The average molecular weight is 435 g/mol. The number of hydrogen-bond acceptors (Lipinski definition) is 5. The molecule has 5 heteroatoms. The van der Waals surface area contributed by atoms with Gasteiger partial charge in [0, 0.05) is 31.1 Å². The van der Waals surface area contributed by atoms with Crippen LogP contribution in [0.3, 0.4) is 0 Å². The van der Waals surface area contributed by atoms with E-state index in [9.17, 15) is 14.4 Å². The van der Waals surface area contributed by atoms with E-state index in [0.29, 0.717) is 25.0 Å². The Kier molecular flexibility index (Phi) is 11.8. The molecule has 1 rings (SSSR count). The van der Waals surface area contributed by atoms with Crippen molar-refractivity contribution in [1.82, 2.24) is 0 Å². The largest absolute Gasteiger partial charge is 0.469 e. The van der Waals surface area contributed by atoms with Gasteiger partial charge in [-0.1, -0.05) is 58.8 Å². The van der Waals surface area contributed by atoms with Gasteiger partial charge < -0.3 is 9.47 Å². The molecule has 0 spiro atoms. The molecule has 1 fully saturated rings. The van der Waals surface area contributed by atoms with E-state index in [0.717, 1.165) is 32.1 Å². The first-order valence-corrected chi connectivity index (χ1v) is 11.7. The molecule has 0 amide bonds. The van der Waals surface area contributed by atoms with Crippen LogP contribution in [0.4, 0.5) is 0 Å². The average Bonchev–Trinajstić information content (AvgIpc) is 2.97. The highest BCUT2D eigenvalue weighted by molar-refractivity contribution is 5.84. The molecule has 0 aromatic carbocycles. The van der Waals surface area contributed by atoms with Gasteiger partial charge in [0.25, 0.3) is 0 Å². The lowest BCUT2D eigenvalue weighted by molar-refractivity contribution is -0.149. The Hall–Kier alpha value is -1.91. The summed E-state index contributed by atoms with van der Waals surface area (Å²) in [7, 11) is 1.40. The zero-order valence-corrected chi connectivity index (χ0v) is 20.3. The van der Waals surface area contributed by atoms with Crippen molar-refractivity contribution < 1.29 is 23.9 Å². The number of unbranched alkanes of at least 4 members (excludes halogenated alkanes) is 2. The van der Waals surface area contributed by atoms with Gasteiger partial charge in [-0.15, -0.1) is 0 Å². The van der Waals surface area contributed by atoms with Gasteiger partial charge in [0.05, 0.1) is 7.11 Å². The molecular weight excluding hydrogens is 392 g/mol. The van der Waals surface area contributed by atoms with Gasteiger partial charge >= 0.3 is 11.9 Å². The molecule has 0 aromatic rings. The zero-order chi connectivity index (χ0) is 23.4. The molecule has 0 saturated heterocycles. The normalized spacial score (nSPS) is 22.9. The summed E-state index contributed by atoms with van der Waals surface area (Å²) in [6.07, 6.45) is 14.4. The first kappa shape index (κ1) is 27.1. The lowest BCUT2D eigenvalue weighted by Crippen LogP contribution is -2.32. The van der Waals surface area contributed by atoms with Gasteiger partial charge in [-0.2, -0.15) is 0 Å². The molecule has 1 aliphatic rings. The molecule has 0 unspecified atom stereocenters. The van der Waals surface area contributed by atoms with Crippen molar-refractivity contribution in [1.29, 1.82) is 0 Å². The predicted octanol–water partition coefficient (Wildman–Crippen LogP) is 5.82. The highest BCUT2D eigenvalue weighted by Crippen LogP contribution is 2.39. The second kappa shape index (κ2) is 13.5. The first-order chi connectivity index (χ1) is 14.6. The van der Waals surface area contributed by atoms with Crippen molar-refractivity contribution in [2.45, 2.75) is 92.1 Å². The van der Waals surface area contributed by atoms with Crippen molar-refractivity contribution in [2.75, 3.05) is 7.11 Å². The fraction of sp³-hybridized carbons (Fsp3) is 0.731. The fourth-order valence-corrected chi connectivity index (χ4v) is 4.30. The highest BCUT2D eigenvalue weighted by atomic mass is 16.5. The highest BCUT2D eigenvalue weighted by Gasteiger charge is 2.38. The van der Waals surface area contributed by atoms with E-state index in [1.165, 1.54) is 14.0 Å². The lowest BCUT2D eigenvalue weighted by atomic mass is 9.79. The molecular formula is C26H42O5. The summed E-state index contributed by atoms with van der Waals surface area (Å²) < 4.78 is 10.3. The van der Waals surface area contributed by atoms with Crippen LogP contribution in [0.1, 0.15) is 86.0 Å². The minimum absolute atomic E-state index is 0.0418. The van der Waals surface area contributed by atoms with Crippen LogP contribution in [0, 0.1) is 23.2 Å². The summed E-state index contributed by atoms with van der Waals surface area (Å²) in [6, 6.07) is 0. The maximum Gasteiger partial charge on any atom is 0.305 e. The van der Waals surface area contributed by atoms with Gasteiger partial charge in [-0.3, -0.25) is 14.4 Å². The molecule has 0 aliphatic heterocycles. The number of ketones is 1. The third-order valence-corrected chi connectivity index (χ3v) is 6.34. The van der Waals surface area contributed by atoms with Crippen LogP contribution in [0.2, 0.25) is 0 Å². The molecule has 0 N–H and O–H groups in total. The lowest BCUT2D eigenvalue weighted by Gasteiger charge is -2.32. The number of allylic oxidation sites excluding steroid dienone is 3. The van der Waals surface area contributed by atoms with Gasteiger partial charge in [0.1, 0.15) is 11.9 Å². The molecule has 31 heavy (non-hydrogen) atoms. The van der Waals surface area contributed by atoms with E-state index in [1.54, 1.807) is 0 Å². The molecule has 1 aliphatic carbocycles. The van der Waals surface area contributed by atoms with Crippen molar-refractivity contribution in [2.24, 2.45) is 23.2 Å². The topological polar surface area (TPSA) is 69.7 Å². The standard InChI is InChI=1S/C26H42O5/c1-7-8-17-26(4,5)24(31-20(3)27)16-15-21-19(2)18-23(28)22(21)13-11-9-10-12-14-25(29)30-6/h9,11,15-16,19,21-22,24H,7-8,10,12-14,17-18H2,1-6H3/b11-9-,16-15+/t19-,21+,22-,24-/m1/s1. The smallest absolute Gasteiger partial charge is 0.305 e. The van der Waals surface area contributed by atoms with E-state index >= 15 is 0 Å². The Morgan fingerprint density at radius 1 is 1.23 bits per heavy atom. The predicted molar refractivity (Wildman–Crippen MR) is 123 cm³/mol. The van der Waals surface area contributed by atoms with Gasteiger partial charge in [-0.25, -0.2) is 0 Å². The summed E-state index contributed by atoms with van der Waals surface area (Å²) in [5.41, 5.74) is -0.154. The summed E-state index contributed by atoms with van der Waals surface area (Å²) in [5.74, 6) is 0.213. The van der Waals surface area contributed by atoms with Crippen molar-refractivity contribution in [3.05, 3.63) is 24.3 Å². The fourth-order valence-electron chi connectivity index (χ4n) is 4.30. The zero-order valence-electron chi connectivity index (χ0n) is 20.3. The summed E-state index contributed by atoms with van der Waals surface area (Å²) in [6.45, 7) is 10.0. The van der Waals surface area contributed by atoms with E-state index < -0.39 is 0 Å². The summed E-state index contributed by atoms with van der Waals surface area (Å²) in [5, 5.41) is 0. The number of Topliss-reactive ketones (excluding diaryl/α,β-unsaturated/α-hetero) is 1. The van der Waals surface area contributed by atoms with E-state index in [2.05, 4.69) is 50.7 Å². The second-order valence-corrected chi connectivity index (χ2v) is 9.51. The molecule has 4 atom stereocenters. The SMILES string of the molecule is CCCCC(C)(C)[C@@H](/C=C/[C@H]1[C@H](C)CC(=O)[C@@H]1C/C=C\CCCC(=O)OC)OC(C)=O. The second-order valence-electron chi connectivity index (χ2n) is 9.51. The maximum absolute atomic E-state index is 12.6. The maximum atomic E-state index is 12.6. The molecule has 0 aromatic heterocycles. The molecule has 1 saturated carbocycles. The quantitative estimate of drug-likeness (QED) is 0.207. The Labute approximate surface area is 188 Å². The van der Waals surface area contributed by atoms with Crippen LogP contribution in [-0.4, -0.2) is 30.9 Å². The summed E-state index contributed by atoms with van der Waals surface area (Å²) in [4.78, 5) is 35.5. The number of ether oxygens (including phenoxy) is 2.